The smallest absolute Gasteiger partial charge is 0.190 e. The summed E-state index contributed by atoms with van der Waals surface area (Å²) in [6, 6.07) is 8.80. The van der Waals surface area contributed by atoms with Gasteiger partial charge in [-0.05, 0) is 36.2 Å². The first-order valence-corrected chi connectivity index (χ1v) is 9.70. The van der Waals surface area contributed by atoms with Crippen LogP contribution in [0.25, 0.3) is 0 Å². The van der Waals surface area contributed by atoms with Crippen LogP contribution in [-0.4, -0.2) is 8.32 Å². The van der Waals surface area contributed by atoms with Gasteiger partial charge in [-0.2, -0.15) is 0 Å². The molecule has 0 bridgehead atoms. The second-order valence-corrected chi connectivity index (χ2v) is 9.85. The summed E-state index contributed by atoms with van der Waals surface area (Å²) in [6.45, 7) is 12.2. The summed E-state index contributed by atoms with van der Waals surface area (Å²) < 4.78 is 6.18. The van der Waals surface area contributed by atoms with Crippen molar-refractivity contribution in [2.24, 2.45) is 0 Å². The van der Waals surface area contributed by atoms with Gasteiger partial charge in [0.1, 0.15) is 0 Å². The van der Waals surface area contributed by atoms with Crippen molar-refractivity contribution in [3.05, 3.63) is 35.4 Å². The lowest BCUT2D eigenvalue weighted by Crippen LogP contribution is -2.34. The van der Waals surface area contributed by atoms with Gasteiger partial charge in [0.25, 0.3) is 0 Å². The molecule has 1 aromatic carbocycles. The normalized spacial score (nSPS) is 13.7. The molecule has 0 N–H and O–H groups in total. The molecule has 0 fully saturated rings. The molecule has 1 unspecified atom stereocenters. The van der Waals surface area contributed by atoms with Crippen LogP contribution >= 0.6 is 0 Å². The van der Waals surface area contributed by atoms with Crippen LogP contribution in [0.3, 0.4) is 0 Å². The minimum Gasteiger partial charge on any atom is -0.413 e. The van der Waals surface area contributed by atoms with Gasteiger partial charge in [-0.25, -0.2) is 0 Å². The molecular formula is C15H26OSi. The third-order valence-electron chi connectivity index (χ3n) is 3.84. The van der Waals surface area contributed by atoms with E-state index in [1.165, 1.54) is 17.5 Å². The average molecular weight is 250 g/mol. The van der Waals surface area contributed by atoms with Gasteiger partial charge in [-0.3, -0.25) is 0 Å². The summed E-state index contributed by atoms with van der Waals surface area (Å²) in [4.78, 5) is 0. The van der Waals surface area contributed by atoms with Crippen molar-refractivity contribution in [2.45, 2.75) is 58.9 Å². The van der Waals surface area contributed by atoms with Crippen molar-refractivity contribution in [1.29, 1.82) is 0 Å². The average Bonchev–Trinajstić information content (AvgIpc) is 2.36. The maximum absolute atomic E-state index is 6.18. The topological polar surface area (TPSA) is 9.23 Å². The quantitative estimate of drug-likeness (QED) is 0.661. The third kappa shape index (κ3) is 4.28. The highest BCUT2D eigenvalue weighted by molar-refractivity contribution is 6.72. The molecule has 0 saturated heterocycles. The molecule has 0 spiro atoms. The standard InChI is InChI=1S/C15H26OSi/c1-6-13(3)17(4,5)16-12-15-10-8-14(7-2)9-11-15/h8-11,13H,6-7,12H2,1-5H3. The lowest BCUT2D eigenvalue weighted by molar-refractivity contribution is 0.286. The molecule has 1 aromatic rings. The molecule has 1 nitrogen and oxygen atoms in total. The van der Waals surface area contributed by atoms with Crippen LogP contribution in [0.2, 0.25) is 18.6 Å². The Morgan fingerprint density at radius 1 is 1.06 bits per heavy atom. The summed E-state index contributed by atoms with van der Waals surface area (Å²) in [7, 11) is -1.51. The maximum atomic E-state index is 6.18. The second kappa shape index (κ2) is 6.36. The van der Waals surface area contributed by atoms with Gasteiger partial charge in [-0.1, -0.05) is 51.5 Å². The van der Waals surface area contributed by atoms with Crippen LogP contribution in [0.5, 0.6) is 0 Å². The van der Waals surface area contributed by atoms with Crippen LogP contribution in [0.15, 0.2) is 24.3 Å². The highest BCUT2D eigenvalue weighted by Gasteiger charge is 2.28. The highest BCUT2D eigenvalue weighted by atomic mass is 28.4. The minimum absolute atomic E-state index is 0.720. The summed E-state index contributed by atoms with van der Waals surface area (Å²) in [5.74, 6) is 0. The van der Waals surface area contributed by atoms with Gasteiger partial charge in [0.05, 0.1) is 6.61 Å². The molecule has 0 radical (unpaired) electrons. The lowest BCUT2D eigenvalue weighted by Gasteiger charge is -2.28. The molecule has 1 rings (SSSR count). The van der Waals surface area contributed by atoms with E-state index in [4.69, 9.17) is 4.43 Å². The van der Waals surface area contributed by atoms with Crippen LogP contribution in [-0.2, 0) is 17.5 Å². The van der Waals surface area contributed by atoms with E-state index in [2.05, 4.69) is 58.1 Å². The van der Waals surface area contributed by atoms with Crippen molar-refractivity contribution >= 4 is 8.32 Å². The fourth-order valence-electron chi connectivity index (χ4n) is 1.77. The van der Waals surface area contributed by atoms with E-state index in [9.17, 15) is 0 Å². The molecule has 0 saturated carbocycles. The van der Waals surface area contributed by atoms with Crippen LogP contribution in [0.4, 0.5) is 0 Å². The Morgan fingerprint density at radius 3 is 2.06 bits per heavy atom. The van der Waals surface area contributed by atoms with E-state index < -0.39 is 8.32 Å². The maximum Gasteiger partial charge on any atom is 0.190 e. The Balaban J connectivity index is 2.54. The monoisotopic (exact) mass is 250 g/mol. The Labute approximate surface area is 107 Å². The molecule has 0 aliphatic carbocycles. The number of hydrogen-bond acceptors (Lipinski definition) is 1. The molecule has 0 aromatic heterocycles. The summed E-state index contributed by atoms with van der Waals surface area (Å²) >= 11 is 0. The molecule has 0 heterocycles. The van der Waals surface area contributed by atoms with E-state index >= 15 is 0 Å². The fourth-order valence-corrected chi connectivity index (χ4v) is 3.58. The molecular weight excluding hydrogens is 224 g/mol. The van der Waals surface area contributed by atoms with E-state index in [-0.39, 0.29) is 0 Å². The van der Waals surface area contributed by atoms with Crippen molar-refractivity contribution < 1.29 is 4.43 Å². The highest BCUT2D eigenvalue weighted by Crippen LogP contribution is 2.26. The Bertz CT molecular complexity index is 329. The first-order chi connectivity index (χ1) is 7.99. The Morgan fingerprint density at radius 2 is 1.59 bits per heavy atom. The largest absolute Gasteiger partial charge is 0.413 e. The second-order valence-electron chi connectivity index (χ2n) is 5.37. The molecule has 0 aliphatic rings. The summed E-state index contributed by atoms with van der Waals surface area (Å²) in [5.41, 5.74) is 3.41. The molecule has 0 amide bonds. The minimum atomic E-state index is -1.51. The number of hydrogen-bond donors (Lipinski definition) is 0. The molecule has 96 valence electrons. The first kappa shape index (κ1) is 14.5. The SMILES string of the molecule is CCc1ccc(CO[Si](C)(C)C(C)CC)cc1. The van der Waals surface area contributed by atoms with E-state index in [1.807, 2.05) is 0 Å². The number of benzene rings is 1. The van der Waals surface area contributed by atoms with Crippen molar-refractivity contribution in [2.75, 3.05) is 0 Å². The predicted molar refractivity (Wildman–Crippen MR) is 77.8 cm³/mol. The van der Waals surface area contributed by atoms with Crippen molar-refractivity contribution in [3.8, 4) is 0 Å². The van der Waals surface area contributed by atoms with Crippen molar-refractivity contribution in [1.82, 2.24) is 0 Å². The van der Waals surface area contributed by atoms with Gasteiger partial charge >= 0.3 is 0 Å². The zero-order valence-electron chi connectivity index (χ0n) is 11.9. The number of aryl methyl sites for hydroxylation is 1. The van der Waals surface area contributed by atoms with Crippen molar-refractivity contribution in [3.63, 3.8) is 0 Å². The van der Waals surface area contributed by atoms with Gasteiger partial charge in [0, 0.05) is 0 Å². The van der Waals surface area contributed by atoms with E-state index in [0.29, 0.717) is 0 Å². The zero-order chi connectivity index (χ0) is 12.9. The summed E-state index contributed by atoms with van der Waals surface area (Å²) in [6.07, 6.45) is 2.32. The van der Waals surface area contributed by atoms with E-state index in [1.54, 1.807) is 0 Å². The first-order valence-electron chi connectivity index (χ1n) is 6.71. The summed E-state index contributed by atoms with van der Waals surface area (Å²) in [5, 5.41) is 0. The lowest BCUT2D eigenvalue weighted by atomic mass is 10.1. The molecule has 1 atom stereocenters. The third-order valence-corrected chi connectivity index (χ3v) is 7.51. The Kier molecular flexibility index (Phi) is 5.41. The zero-order valence-corrected chi connectivity index (χ0v) is 12.9. The van der Waals surface area contributed by atoms with Crippen LogP contribution in [0, 0.1) is 0 Å². The molecule has 17 heavy (non-hydrogen) atoms. The van der Waals surface area contributed by atoms with Gasteiger partial charge in [0.2, 0.25) is 0 Å². The predicted octanol–water partition coefficient (Wildman–Crippen LogP) is 4.77. The molecule has 0 aliphatic heterocycles. The van der Waals surface area contributed by atoms with Crippen LogP contribution in [0.1, 0.15) is 38.3 Å². The van der Waals surface area contributed by atoms with Gasteiger partial charge < -0.3 is 4.43 Å². The van der Waals surface area contributed by atoms with Crippen LogP contribution < -0.4 is 0 Å². The fraction of sp³-hybridized carbons (Fsp3) is 0.600. The Hall–Kier alpha value is -0.603. The van der Waals surface area contributed by atoms with Gasteiger partial charge in [0.15, 0.2) is 8.32 Å². The van der Waals surface area contributed by atoms with Gasteiger partial charge in [-0.15, -0.1) is 0 Å². The molecule has 2 heteroatoms. The number of rotatable bonds is 6. The van der Waals surface area contributed by atoms with E-state index in [0.717, 1.165) is 18.6 Å².